The second kappa shape index (κ2) is 6.20. The highest BCUT2D eigenvalue weighted by atomic mass is 35.5. The van der Waals surface area contributed by atoms with Crippen LogP contribution in [0, 0.1) is 5.82 Å². The second-order valence-corrected chi connectivity index (χ2v) is 6.12. The average molecular weight is 334 g/mol. The molecule has 3 rings (SSSR count). The molecule has 23 heavy (non-hydrogen) atoms. The van der Waals surface area contributed by atoms with Crippen LogP contribution in [0.15, 0.2) is 36.4 Å². The Balaban J connectivity index is 2.08. The number of carbonyl (C=O) groups is 1. The topological polar surface area (TPSA) is 29.5 Å². The summed E-state index contributed by atoms with van der Waals surface area (Å²) >= 11 is 6.04. The molecule has 0 saturated heterocycles. The Hall–Kier alpha value is -2.07. The number of nitrogens with zero attached hydrogens (tertiary/aromatic N) is 1. The number of methoxy groups -OCH3 is 1. The predicted molar refractivity (Wildman–Crippen MR) is 89.0 cm³/mol. The van der Waals surface area contributed by atoms with E-state index in [1.54, 1.807) is 29.2 Å². The van der Waals surface area contributed by atoms with Crippen molar-refractivity contribution in [2.24, 2.45) is 0 Å². The number of hydrogen-bond acceptors (Lipinski definition) is 2. The first kappa shape index (κ1) is 15.8. The first-order valence-corrected chi connectivity index (χ1v) is 7.84. The molecule has 3 nitrogen and oxygen atoms in total. The van der Waals surface area contributed by atoms with Gasteiger partial charge in [-0.2, -0.15) is 0 Å². The number of rotatable bonds is 2. The van der Waals surface area contributed by atoms with Gasteiger partial charge in [0.1, 0.15) is 11.6 Å². The van der Waals surface area contributed by atoms with E-state index in [0.29, 0.717) is 16.3 Å². The van der Waals surface area contributed by atoms with Crippen molar-refractivity contribution in [2.45, 2.75) is 25.8 Å². The SMILES string of the molecule is COc1ccc(Cl)cc1C(=O)N1c2ccc(F)cc2CCC1C. The van der Waals surface area contributed by atoms with Crippen molar-refractivity contribution < 1.29 is 13.9 Å². The molecule has 2 aromatic rings. The highest BCUT2D eigenvalue weighted by molar-refractivity contribution is 6.31. The maximum atomic E-state index is 13.5. The van der Waals surface area contributed by atoms with Crippen molar-refractivity contribution >= 4 is 23.2 Å². The third kappa shape index (κ3) is 2.91. The van der Waals surface area contributed by atoms with Crippen LogP contribution < -0.4 is 9.64 Å². The van der Waals surface area contributed by atoms with Crippen LogP contribution in [0.2, 0.25) is 5.02 Å². The van der Waals surface area contributed by atoms with Crippen LogP contribution in [-0.2, 0) is 6.42 Å². The van der Waals surface area contributed by atoms with Gasteiger partial charge in [0.2, 0.25) is 0 Å². The van der Waals surface area contributed by atoms with Crippen LogP contribution in [0.4, 0.5) is 10.1 Å². The van der Waals surface area contributed by atoms with E-state index in [1.165, 1.54) is 19.2 Å². The van der Waals surface area contributed by atoms with E-state index >= 15 is 0 Å². The lowest BCUT2D eigenvalue weighted by atomic mass is 9.95. The second-order valence-electron chi connectivity index (χ2n) is 5.68. The third-order valence-electron chi connectivity index (χ3n) is 4.18. The number of benzene rings is 2. The van der Waals surface area contributed by atoms with Crippen molar-refractivity contribution in [2.75, 3.05) is 12.0 Å². The smallest absolute Gasteiger partial charge is 0.262 e. The third-order valence-corrected chi connectivity index (χ3v) is 4.42. The molecular formula is C18H17ClFNO2. The Labute approximate surface area is 139 Å². The lowest BCUT2D eigenvalue weighted by Crippen LogP contribution is -2.42. The Morgan fingerprint density at radius 3 is 2.83 bits per heavy atom. The maximum Gasteiger partial charge on any atom is 0.262 e. The summed E-state index contributed by atoms with van der Waals surface area (Å²) in [5, 5.41) is 0.471. The summed E-state index contributed by atoms with van der Waals surface area (Å²) in [4.78, 5) is 14.8. The number of anilines is 1. The van der Waals surface area contributed by atoms with E-state index in [2.05, 4.69) is 0 Å². The predicted octanol–water partition coefficient (Wildman–Crippen LogP) is 4.47. The Bertz CT molecular complexity index is 763. The lowest BCUT2D eigenvalue weighted by molar-refractivity contribution is 0.0972. The fourth-order valence-corrected chi connectivity index (χ4v) is 3.18. The Morgan fingerprint density at radius 1 is 1.30 bits per heavy atom. The van der Waals surface area contributed by atoms with Crippen LogP contribution in [0.1, 0.15) is 29.3 Å². The zero-order chi connectivity index (χ0) is 16.6. The first-order chi connectivity index (χ1) is 11.0. The normalized spacial score (nSPS) is 16.9. The van der Waals surface area contributed by atoms with Crippen LogP contribution in [0.3, 0.4) is 0 Å². The molecule has 1 heterocycles. The largest absolute Gasteiger partial charge is 0.496 e. The fraction of sp³-hybridized carbons (Fsp3) is 0.278. The first-order valence-electron chi connectivity index (χ1n) is 7.47. The summed E-state index contributed by atoms with van der Waals surface area (Å²) in [5.41, 5.74) is 2.00. The molecule has 0 fully saturated rings. The van der Waals surface area contributed by atoms with Crippen molar-refractivity contribution in [3.8, 4) is 5.75 Å². The van der Waals surface area contributed by atoms with Gasteiger partial charge in [-0.1, -0.05) is 11.6 Å². The molecule has 1 amide bonds. The summed E-state index contributed by atoms with van der Waals surface area (Å²) in [6.07, 6.45) is 1.54. The molecule has 0 bridgehead atoms. The van der Waals surface area contributed by atoms with Gasteiger partial charge in [0.05, 0.1) is 12.7 Å². The van der Waals surface area contributed by atoms with E-state index in [1.807, 2.05) is 6.92 Å². The molecule has 0 radical (unpaired) electrons. The van der Waals surface area contributed by atoms with Gasteiger partial charge >= 0.3 is 0 Å². The molecule has 0 aromatic heterocycles. The molecule has 0 N–H and O–H groups in total. The molecule has 1 atom stereocenters. The number of carbonyl (C=O) groups excluding carboxylic acids is 1. The van der Waals surface area contributed by atoms with E-state index in [9.17, 15) is 9.18 Å². The van der Waals surface area contributed by atoms with Crippen LogP contribution in [0.5, 0.6) is 5.75 Å². The van der Waals surface area contributed by atoms with Crippen molar-refractivity contribution in [3.63, 3.8) is 0 Å². The van der Waals surface area contributed by atoms with Crippen LogP contribution in [0.25, 0.3) is 0 Å². The minimum Gasteiger partial charge on any atom is -0.496 e. The van der Waals surface area contributed by atoms with Gasteiger partial charge in [-0.05, 0) is 61.7 Å². The average Bonchev–Trinajstić information content (AvgIpc) is 2.54. The molecule has 0 aliphatic carbocycles. The maximum absolute atomic E-state index is 13.5. The molecule has 120 valence electrons. The number of fused-ring (bicyclic) bond motifs is 1. The van der Waals surface area contributed by atoms with Gasteiger partial charge in [0.25, 0.3) is 5.91 Å². The molecule has 0 spiro atoms. The number of halogens is 2. The summed E-state index contributed by atoms with van der Waals surface area (Å²) in [6.45, 7) is 1.99. The fourth-order valence-electron chi connectivity index (χ4n) is 3.01. The quantitative estimate of drug-likeness (QED) is 0.811. The van der Waals surface area contributed by atoms with Crippen LogP contribution in [-0.4, -0.2) is 19.1 Å². The van der Waals surface area contributed by atoms with Crippen molar-refractivity contribution in [1.29, 1.82) is 0 Å². The zero-order valence-electron chi connectivity index (χ0n) is 13.0. The summed E-state index contributed by atoms with van der Waals surface area (Å²) in [7, 11) is 1.52. The van der Waals surface area contributed by atoms with Gasteiger partial charge in [-0.3, -0.25) is 4.79 Å². The van der Waals surface area contributed by atoms with Crippen LogP contribution >= 0.6 is 11.6 Å². The highest BCUT2D eigenvalue weighted by Crippen LogP contribution is 2.34. The molecular weight excluding hydrogens is 317 g/mol. The minimum absolute atomic E-state index is 0.0177. The highest BCUT2D eigenvalue weighted by Gasteiger charge is 2.30. The van der Waals surface area contributed by atoms with Gasteiger partial charge in [0.15, 0.2) is 0 Å². The Kier molecular flexibility index (Phi) is 4.26. The number of amides is 1. The summed E-state index contributed by atoms with van der Waals surface area (Å²) < 4.78 is 18.8. The molecule has 2 aromatic carbocycles. The van der Waals surface area contributed by atoms with E-state index in [4.69, 9.17) is 16.3 Å². The monoisotopic (exact) mass is 333 g/mol. The molecule has 5 heteroatoms. The number of hydrogen-bond donors (Lipinski definition) is 0. The van der Waals surface area contributed by atoms with Gasteiger partial charge in [-0.25, -0.2) is 4.39 Å². The molecule has 0 saturated carbocycles. The summed E-state index contributed by atoms with van der Waals surface area (Å²) in [6, 6.07) is 9.52. The van der Waals surface area contributed by atoms with Crippen molar-refractivity contribution in [3.05, 3.63) is 58.4 Å². The van der Waals surface area contributed by atoms with E-state index in [-0.39, 0.29) is 17.8 Å². The molecule has 1 unspecified atom stereocenters. The van der Waals surface area contributed by atoms with Crippen molar-refractivity contribution in [1.82, 2.24) is 0 Å². The van der Waals surface area contributed by atoms with E-state index < -0.39 is 0 Å². The number of aryl methyl sites for hydroxylation is 1. The standard InChI is InChI=1S/C18H17ClFNO2/c1-11-3-4-12-9-14(20)6-7-16(12)21(11)18(22)15-10-13(19)5-8-17(15)23-2/h5-11H,3-4H2,1-2H3. The minimum atomic E-state index is -0.286. The van der Waals surface area contributed by atoms with Gasteiger partial charge in [0, 0.05) is 16.8 Å². The zero-order valence-corrected chi connectivity index (χ0v) is 13.7. The van der Waals surface area contributed by atoms with Gasteiger partial charge in [-0.15, -0.1) is 0 Å². The lowest BCUT2D eigenvalue weighted by Gasteiger charge is -2.35. The number of ether oxygens (including phenoxy) is 1. The van der Waals surface area contributed by atoms with Gasteiger partial charge < -0.3 is 9.64 Å². The Morgan fingerprint density at radius 2 is 2.09 bits per heavy atom. The molecule has 1 aliphatic rings. The molecule has 1 aliphatic heterocycles. The summed E-state index contributed by atoms with van der Waals surface area (Å²) in [5.74, 6) is -0.00344. The van der Waals surface area contributed by atoms with E-state index in [0.717, 1.165) is 24.1 Å².